The summed E-state index contributed by atoms with van der Waals surface area (Å²) in [7, 11) is 0. The van der Waals surface area contributed by atoms with Gasteiger partial charge in [-0.05, 0) is 116 Å². The molecule has 2 aromatic carbocycles. The van der Waals surface area contributed by atoms with Crippen LogP contribution >= 0.6 is 0 Å². The van der Waals surface area contributed by atoms with Crippen LogP contribution in [0.1, 0.15) is 96.1 Å². The first-order valence-corrected chi connectivity index (χ1v) is 15.3. The van der Waals surface area contributed by atoms with E-state index in [1.165, 1.54) is 48.8 Å². The summed E-state index contributed by atoms with van der Waals surface area (Å²) in [6.07, 6.45) is 13.7. The molecule has 2 nitrogen and oxygen atoms in total. The Morgan fingerprint density at radius 3 is 2.08 bits per heavy atom. The molecule has 7 atom stereocenters. The minimum Gasteiger partial charge on any atom is -0.359 e. The number of carbonyl (C=O) groups is 1. The number of hydrogen-bond donors (Lipinski definition) is 0. The fourth-order valence-electron chi connectivity index (χ4n) is 10.7. The fraction of sp³-hybridized carbons (Fsp3) is 0.583. The average molecular weight is 509 g/mol. The van der Waals surface area contributed by atoms with Gasteiger partial charge in [-0.3, -0.25) is 4.79 Å². The van der Waals surface area contributed by atoms with Crippen LogP contribution in [0.5, 0.6) is 0 Å². The lowest BCUT2D eigenvalue weighted by atomic mass is 9.46. The summed E-state index contributed by atoms with van der Waals surface area (Å²) in [4.78, 5) is 12.2. The second-order valence-corrected chi connectivity index (χ2v) is 14.1. The van der Waals surface area contributed by atoms with Gasteiger partial charge in [0.05, 0.1) is 5.60 Å². The maximum Gasteiger partial charge on any atom is 0.155 e. The second kappa shape index (κ2) is 8.65. The minimum atomic E-state index is -0.366. The Labute approximate surface area is 229 Å². The van der Waals surface area contributed by atoms with E-state index in [9.17, 15) is 4.79 Å². The van der Waals surface area contributed by atoms with Crippen LogP contribution in [0.4, 0.5) is 0 Å². The predicted molar refractivity (Wildman–Crippen MR) is 153 cm³/mol. The monoisotopic (exact) mass is 508 g/mol. The number of benzene rings is 2. The number of ketones is 1. The van der Waals surface area contributed by atoms with Gasteiger partial charge < -0.3 is 4.74 Å². The standard InChI is InChI=1S/C36H44O2/c1-33-20-18-28(37)24-27(33)14-15-29-30-16-17-32(34(30,2)21-19-31(29)33)35(3)22-23-36(38-35,25-10-6-4-7-11-25)26-12-8-5-9-13-26/h4-13,24,29-32H,14-23H2,1-3H3/t29-,30-,31-,32-,33-,34-,35+/m0/s1. The Bertz CT molecular complexity index is 1210. The molecule has 3 saturated carbocycles. The van der Waals surface area contributed by atoms with Crippen molar-refractivity contribution in [2.24, 2.45) is 34.5 Å². The Hall–Kier alpha value is -2.19. The summed E-state index contributed by atoms with van der Waals surface area (Å²) in [6.45, 7) is 7.61. The van der Waals surface area contributed by atoms with Gasteiger partial charge in [0, 0.05) is 6.42 Å². The molecule has 5 aliphatic rings. The number of carbonyl (C=O) groups excluding carboxylic acids is 1. The first-order valence-electron chi connectivity index (χ1n) is 15.3. The van der Waals surface area contributed by atoms with Crippen molar-refractivity contribution in [1.29, 1.82) is 0 Å². The van der Waals surface area contributed by atoms with Gasteiger partial charge >= 0.3 is 0 Å². The van der Waals surface area contributed by atoms with Gasteiger partial charge in [-0.15, -0.1) is 0 Å². The predicted octanol–water partition coefficient (Wildman–Crippen LogP) is 8.65. The number of allylic oxidation sites excluding steroid dienone is 1. The van der Waals surface area contributed by atoms with Crippen LogP contribution in [0.25, 0.3) is 0 Å². The van der Waals surface area contributed by atoms with Crippen LogP contribution in [0.15, 0.2) is 72.3 Å². The quantitative estimate of drug-likeness (QED) is 0.415. The van der Waals surface area contributed by atoms with E-state index >= 15 is 0 Å². The fourth-order valence-corrected chi connectivity index (χ4v) is 10.7. The molecule has 2 aromatic rings. The summed E-state index contributed by atoms with van der Waals surface area (Å²) in [6, 6.07) is 22.0. The van der Waals surface area contributed by atoms with E-state index in [1.54, 1.807) is 0 Å². The third kappa shape index (κ3) is 3.44. The summed E-state index contributed by atoms with van der Waals surface area (Å²) in [5.41, 5.74) is 4.17. The zero-order valence-corrected chi connectivity index (χ0v) is 23.5. The van der Waals surface area contributed by atoms with Crippen LogP contribution in [-0.4, -0.2) is 11.4 Å². The third-order valence-electron chi connectivity index (χ3n) is 12.6. The van der Waals surface area contributed by atoms with Crippen LogP contribution in [-0.2, 0) is 15.1 Å². The highest BCUT2D eigenvalue weighted by atomic mass is 16.5. The molecule has 0 amide bonds. The molecular formula is C36H44O2. The molecule has 0 spiro atoms. The van der Waals surface area contributed by atoms with Crippen LogP contribution in [0, 0.1) is 34.5 Å². The Morgan fingerprint density at radius 1 is 0.711 bits per heavy atom. The Morgan fingerprint density at radius 2 is 1.39 bits per heavy atom. The normalized spacial score (nSPS) is 41.7. The maximum absolute atomic E-state index is 12.2. The van der Waals surface area contributed by atoms with Crippen molar-refractivity contribution < 1.29 is 9.53 Å². The zero-order valence-electron chi connectivity index (χ0n) is 23.5. The molecule has 0 radical (unpaired) electrons. The molecule has 0 N–H and O–H groups in total. The Balaban J connectivity index is 1.21. The van der Waals surface area contributed by atoms with Crippen molar-refractivity contribution in [3.63, 3.8) is 0 Å². The molecular weight excluding hydrogens is 464 g/mol. The second-order valence-electron chi connectivity index (χ2n) is 14.1. The summed E-state index contributed by atoms with van der Waals surface area (Å²) in [5, 5.41) is 0. The van der Waals surface area contributed by atoms with Crippen molar-refractivity contribution >= 4 is 5.78 Å². The highest BCUT2D eigenvalue weighted by molar-refractivity contribution is 5.91. The van der Waals surface area contributed by atoms with E-state index in [0.717, 1.165) is 49.9 Å². The lowest BCUT2D eigenvalue weighted by molar-refractivity contribution is -0.150. The average Bonchev–Trinajstić information content (AvgIpc) is 3.49. The van der Waals surface area contributed by atoms with E-state index in [0.29, 0.717) is 17.1 Å². The molecule has 2 heteroatoms. The van der Waals surface area contributed by atoms with Crippen molar-refractivity contribution in [3.05, 3.63) is 83.4 Å². The van der Waals surface area contributed by atoms with Crippen molar-refractivity contribution in [1.82, 2.24) is 0 Å². The Kier molecular flexibility index (Phi) is 5.65. The van der Waals surface area contributed by atoms with E-state index < -0.39 is 0 Å². The van der Waals surface area contributed by atoms with E-state index in [4.69, 9.17) is 4.74 Å². The summed E-state index contributed by atoms with van der Waals surface area (Å²) >= 11 is 0. The smallest absolute Gasteiger partial charge is 0.155 e. The number of fused-ring (bicyclic) bond motifs is 5. The van der Waals surface area contributed by atoms with E-state index in [-0.39, 0.29) is 16.6 Å². The first-order chi connectivity index (χ1) is 18.3. The molecule has 4 aliphatic carbocycles. The zero-order chi connectivity index (χ0) is 26.2. The van der Waals surface area contributed by atoms with Gasteiger partial charge in [-0.2, -0.15) is 0 Å². The third-order valence-corrected chi connectivity index (χ3v) is 12.6. The molecule has 0 bridgehead atoms. The van der Waals surface area contributed by atoms with Crippen LogP contribution in [0.2, 0.25) is 0 Å². The first kappa shape index (κ1) is 24.8. The van der Waals surface area contributed by atoms with Crippen molar-refractivity contribution in [2.75, 3.05) is 0 Å². The molecule has 200 valence electrons. The van der Waals surface area contributed by atoms with Gasteiger partial charge in [-0.1, -0.05) is 80.1 Å². The van der Waals surface area contributed by atoms with Gasteiger partial charge in [0.2, 0.25) is 0 Å². The van der Waals surface area contributed by atoms with Crippen molar-refractivity contribution in [3.8, 4) is 0 Å². The van der Waals surface area contributed by atoms with Gasteiger partial charge in [-0.25, -0.2) is 0 Å². The summed E-state index contributed by atoms with van der Waals surface area (Å²) < 4.78 is 7.51. The number of rotatable bonds is 3. The minimum absolute atomic E-state index is 0.122. The lowest BCUT2D eigenvalue weighted by Gasteiger charge is -2.59. The van der Waals surface area contributed by atoms with Gasteiger partial charge in [0.15, 0.2) is 5.78 Å². The summed E-state index contributed by atoms with van der Waals surface area (Å²) in [5.74, 6) is 3.28. The SMILES string of the molecule is C[C@]12CC[C@H]3[C@@H](CCC4=CC(=O)CC[C@@]43C)[C@@H]1CC[C@@H]2[C@@]1(C)CCC(c2ccccc2)(c2ccccc2)O1. The molecule has 1 aliphatic heterocycles. The van der Waals surface area contributed by atoms with Gasteiger partial charge in [0.1, 0.15) is 5.60 Å². The molecule has 0 unspecified atom stereocenters. The highest BCUT2D eigenvalue weighted by Gasteiger charge is 2.64. The highest BCUT2D eigenvalue weighted by Crippen LogP contribution is 2.69. The molecule has 1 heterocycles. The molecule has 0 aromatic heterocycles. The maximum atomic E-state index is 12.2. The van der Waals surface area contributed by atoms with Crippen LogP contribution in [0.3, 0.4) is 0 Å². The van der Waals surface area contributed by atoms with Crippen molar-refractivity contribution in [2.45, 2.75) is 96.2 Å². The molecule has 7 rings (SSSR count). The number of ether oxygens (including phenoxy) is 1. The molecule has 1 saturated heterocycles. The molecule has 4 fully saturated rings. The van der Waals surface area contributed by atoms with E-state index in [2.05, 4.69) is 81.4 Å². The number of hydrogen-bond acceptors (Lipinski definition) is 2. The van der Waals surface area contributed by atoms with Crippen LogP contribution < -0.4 is 0 Å². The van der Waals surface area contributed by atoms with Gasteiger partial charge in [0.25, 0.3) is 0 Å². The largest absolute Gasteiger partial charge is 0.359 e. The lowest BCUT2D eigenvalue weighted by Crippen LogP contribution is -2.53. The topological polar surface area (TPSA) is 26.3 Å². The van der Waals surface area contributed by atoms with E-state index in [1.807, 2.05) is 6.08 Å². The molecule has 38 heavy (non-hydrogen) atoms.